The molecule has 0 spiro atoms. The normalized spacial score (nSPS) is 23.3. The highest BCUT2D eigenvalue weighted by atomic mass is 16.4. The fourth-order valence-corrected chi connectivity index (χ4v) is 2.84. The van der Waals surface area contributed by atoms with Gasteiger partial charge in [-0.3, -0.25) is 4.79 Å². The van der Waals surface area contributed by atoms with Gasteiger partial charge in [0, 0.05) is 25.0 Å². The van der Waals surface area contributed by atoms with E-state index in [4.69, 9.17) is 4.42 Å². The quantitative estimate of drug-likeness (QED) is 0.879. The summed E-state index contributed by atoms with van der Waals surface area (Å²) >= 11 is 0. The number of rotatable bonds is 4. The van der Waals surface area contributed by atoms with Gasteiger partial charge in [-0.05, 0) is 31.4 Å². The van der Waals surface area contributed by atoms with E-state index in [2.05, 4.69) is 5.32 Å². The maximum absolute atomic E-state index is 12.2. The van der Waals surface area contributed by atoms with Gasteiger partial charge in [-0.2, -0.15) is 0 Å². The third-order valence-corrected chi connectivity index (χ3v) is 4.03. The van der Waals surface area contributed by atoms with Crippen LogP contribution in [0.15, 0.2) is 10.5 Å². The van der Waals surface area contributed by atoms with Crippen LogP contribution in [-0.2, 0) is 6.42 Å². The Labute approximate surface area is 114 Å². The van der Waals surface area contributed by atoms with Crippen LogP contribution < -0.4 is 5.32 Å². The monoisotopic (exact) mass is 265 g/mol. The molecule has 0 aliphatic heterocycles. The molecule has 4 nitrogen and oxygen atoms in total. The molecule has 1 heterocycles. The van der Waals surface area contributed by atoms with Gasteiger partial charge >= 0.3 is 0 Å². The van der Waals surface area contributed by atoms with Crippen LogP contribution in [0.1, 0.15) is 54.5 Å². The predicted octanol–water partition coefficient (Wildman–Crippen LogP) is 2.43. The van der Waals surface area contributed by atoms with Crippen LogP contribution in [0.5, 0.6) is 0 Å². The number of aliphatic hydroxyl groups is 1. The molecule has 2 rings (SSSR count). The van der Waals surface area contributed by atoms with E-state index in [0.29, 0.717) is 5.76 Å². The van der Waals surface area contributed by atoms with E-state index in [1.54, 1.807) is 6.07 Å². The maximum Gasteiger partial charge on any atom is 0.287 e. The number of aryl methyl sites for hydroxylation is 2. The maximum atomic E-state index is 12.2. The van der Waals surface area contributed by atoms with Gasteiger partial charge in [0.1, 0.15) is 5.76 Å². The SMILES string of the molecule is CCc1oc(C(=O)NC2CCCCC2CO)cc1C. The number of amides is 1. The number of carbonyl (C=O) groups excluding carboxylic acids is 1. The molecule has 1 saturated carbocycles. The van der Waals surface area contributed by atoms with Crippen molar-refractivity contribution in [3.8, 4) is 0 Å². The molecule has 1 aromatic rings. The van der Waals surface area contributed by atoms with Gasteiger partial charge in [0.15, 0.2) is 5.76 Å². The van der Waals surface area contributed by atoms with Gasteiger partial charge in [0.05, 0.1) is 0 Å². The summed E-state index contributed by atoms with van der Waals surface area (Å²) in [4.78, 5) is 12.2. The number of hydrogen-bond donors (Lipinski definition) is 2. The minimum Gasteiger partial charge on any atom is -0.456 e. The van der Waals surface area contributed by atoms with E-state index < -0.39 is 0 Å². The minimum atomic E-state index is -0.159. The zero-order chi connectivity index (χ0) is 13.8. The predicted molar refractivity (Wildman–Crippen MR) is 73.1 cm³/mol. The first-order valence-electron chi connectivity index (χ1n) is 7.16. The number of nitrogens with one attached hydrogen (secondary N) is 1. The average molecular weight is 265 g/mol. The van der Waals surface area contributed by atoms with Crippen molar-refractivity contribution in [3.63, 3.8) is 0 Å². The summed E-state index contributed by atoms with van der Waals surface area (Å²) in [5.74, 6) is 1.27. The molecule has 19 heavy (non-hydrogen) atoms. The average Bonchev–Trinajstić information content (AvgIpc) is 2.80. The first-order chi connectivity index (χ1) is 9.15. The molecule has 2 unspecified atom stereocenters. The van der Waals surface area contributed by atoms with Crippen LogP contribution in [0.3, 0.4) is 0 Å². The molecule has 0 radical (unpaired) electrons. The lowest BCUT2D eigenvalue weighted by Crippen LogP contribution is -2.43. The second-order valence-electron chi connectivity index (χ2n) is 5.38. The van der Waals surface area contributed by atoms with Crippen molar-refractivity contribution in [1.29, 1.82) is 0 Å². The van der Waals surface area contributed by atoms with E-state index in [1.165, 1.54) is 0 Å². The van der Waals surface area contributed by atoms with Crippen LogP contribution in [0.25, 0.3) is 0 Å². The molecule has 1 amide bonds. The van der Waals surface area contributed by atoms with Crippen LogP contribution >= 0.6 is 0 Å². The van der Waals surface area contributed by atoms with Crippen LogP contribution in [0.2, 0.25) is 0 Å². The Morgan fingerprint density at radius 1 is 1.47 bits per heavy atom. The van der Waals surface area contributed by atoms with Crippen LogP contribution in [0, 0.1) is 12.8 Å². The zero-order valence-electron chi connectivity index (χ0n) is 11.7. The lowest BCUT2D eigenvalue weighted by atomic mass is 9.85. The minimum absolute atomic E-state index is 0.0710. The molecular weight excluding hydrogens is 242 g/mol. The van der Waals surface area contributed by atoms with Crippen molar-refractivity contribution in [3.05, 3.63) is 23.2 Å². The van der Waals surface area contributed by atoms with E-state index >= 15 is 0 Å². The smallest absolute Gasteiger partial charge is 0.287 e. The van der Waals surface area contributed by atoms with Crippen molar-refractivity contribution in [2.75, 3.05) is 6.61 Å². The molecule has 2 atom stereocenters. The van der Waals surface area contributed by atoms with E-state index in [0.717, 1.165) is 43.4 Å². The molecule has 106 valence electrons. The van der Waals surface area contributed by atoms with Gasteiger partial charge in [-0.15, -0.1) is 0 Å². The zero-order valence-corrected chi connectivity index (χ0v) is 11.7. The Hall–Kier alpha value is -1.29. The molecule has 1 aliphatic carbocycles. The lowest BCUT2D eigenvalue weighted by Gasteiger charge is -2.30. The Bertz CT molecular complexity index is 439. The molecule has 0 saturated heterocycles. The van der Waals surface area contributed by atoms with Crippen LogP contribution in [-0.4, -0.2) is 23.7 Å². The molecule has 1 fully saturated rings. The molecule has 0 bridgehead atoms. The molecule has 1 aliphatic rings. The number of aliphatic hydroxyl groups excluding tert-OH is 1. The number of carbonyl (C=O) groups is 1. The fraction of sp³-hybridized carbons (Fsp3) is 0.667. The largest absolute Gasteiger partial charge is 0.456 e. The second kappa shape index (κ2) is 6.24. The highest BCUT2D eigenvalue weighted by molar-refractivity contribution is 5.92. The standard InChI is InChI=1S/C15H23NO3/c1-3-13-10(2)8-14(19-13)15(18)16-12-7-5-4-6-11(12)9-17/h8,11-12,17H,3-7,9H2,1-2H3,(H,16,18). The summed E-state index contributed by atoms with van der Waals surface area (Å²) in [6.07, 6.45) is 4.97. The summed E-state index contributed by atoms with van der Waals surface area (Å²) in [5.41, 5.74) is 1.02. The molecular formula is C15H23NO3. The first kappa shape index (κ1) is 14.1. The first-order valence-corrected chi connectivity index (χ1v) is 7.16. The highest BCUT2D eigenvalue weighted by Crippen LogP contribution is 2.24. The number of furan rings is 1. The molecule has 1 aromatic heterocycles. The van der Waals surface area contributed by atoms with E-state index in [9.17, 15) is 9.90 Å². The topological polar surface area (TPSA) is 62.5 Å². The Balaban J connectivity index is 2.03. The van der Waals surface area contributed by atoms with Gasteiger partial charge in [-0.25, -0.2) is 0 Å². The third kappa shape index (κ3) is 3.18. The highest BCUT2D eigenvalue weighted by Gasteiger charge is 2.27. The van der Waals surface area contributed by atoms with Gasteiger partial charge < -0.3 is 14.8 Å². The molecule has 0 aromatic carbocycles. The van der Waals surface area contributed by atoms with Gasteiger partial charge in [0.25, 0.3) is 5.91 Å². The Morgan fingerprint density at radius 3 is 2.84 bits per heavy atom. The van der Waals surface area contributed by atoms with Crippen molar-refractivity contribution >= 4 is 5.91 Å². The second-order valence-corrected chi connectivity index (χ2v) is 5.38. The molecule has 4 heteroatoms. The van der Waals surface area contributed by atoms with Gasteiger partial charge in [0.2, 0.25) is 0 Å². The van der Waals surface area contributed by atoms with Crippen molar-refractivity contribution < 1.29 is 14.3 Å². The van der Waals surface area contributed by atoms with Crippen molar-refractivity contribution in [1.82, 2.24) is 5.32 Å². The lowest BCUT2D eigenvalue weighted by molar-refractivity contribution is 0.0843. The summed E-state index contributed by atoms with van der Waals surface area (Å²) in [6.45, 7) is 4.11. The number of hydrogen-bond acceptors (Lipinski definition) is 3. The van der Waals surface area contributed by atoms with Crippen molar-refractivity contribution in [2.24, 2.45) is 5.92 Å². The summed E-state index contributed by atoms with van der Waals surface area (Å²) in [7, 11) is 0. The van der Waals surface area contributed by atoms with E-state index in [1.807, 2.05) is 13.8 Å². The summed E-state index contributed by atoms with van der Waals surface area (Å²) in [5, 5.41) is 12.4. The van der Waals surface area contributed by atoms with Crippen LogP contribution in [0.4, 0.5) is 0 Å². The Kier molecular flexibility index (Phi) is 4.64. The Morgan fingerprint density at radius 2 is 2.21 bits per heavy atom. The third-order valence-electron chi connectivity index (χ3n) is 4.03. The fourth-order valence-electron chi connectivity index (χ4n) is 2.84. The summed E-state index contributed by atoms with van der Waals surface area (Å²) < 4.78 is 5.56. The summed E-state index contributed by atoms with van der Waals surface area (Å²) in [6, 6.07) is 1.87. The van der Waals surface area contributed by atoms with Gasteiger partial charge in [-0.1, -0.05) is 19.8 Å². The molecule has 2 N–H and O–H groups in total. The van der Waals surface area contributed by atoms with Crippen molar-refractivity contribution in [2.45, 2.75) is 52.0 Å². The van der Waals surface area contributed by atoms with E-state index in [-0.39, 0.29) is 24.5 Å².